The molecule has 0 heterocycles. The maximum atomic E-state index is 11.3. The van der Waals surface area contributed by atoms with E-state index in [-0.39, 0.29) is 12.5 Å². The van der Waals surface area contributed by atoms with Crippen LogP contribution in [0.5, 0.6) is 0 Å². The van der Waals surface area contributed by atoms with Crippen molar-refractivity contribution in [1.82, 2.24) is 0 Å². The largest absolute Gasteiger partial charge is 0.468 e. The van der Waals surface area contributed by atoms with Crippen LogP contribution in [0.1, 0.15) is 13.3 Å². The highest BCUT2D eigenvalue weighted by Crippen LogP contribution is 2.14. The van der Waals surface area contributed by atoms with Gasteiger partial charge in [-0.25, -0.2) is 0 Å². The highest BCUT2D eigenvalue weighted by Gasteiger charge is 2.14. The molecule has 0 aliphatic rings. The van der Waals surface area contributed by atoms with Gasteiger partial charge in [-0.15, -0.1) is 0 Å². The summed E-state index contributed by atoms with van der Waals surface area (Å²) in [7, 11) is 1.36. The van der Waals surface area contributed by atoms with E-state index in [9.17, 15) is 9.90 Å². The first kappa shape index (κ1) is 13.5. The van der Waals surface area contributed by atoms with Gasteiger partial charge in [0.2, 0.25) is 0 Å². The van der Waals surface area contributed by atoms with Crippen molar-refractivity contribution in [3.63, 3.8) is 0 Å². The van der Waals surface area contributed by atoms with Crippen molar-refractivity contribution in [1.29, 1.82) is 0 Å². The highest BCUT2D eigenvalue weighted by atomic mass is 16.5. The Labute approximate surface area is 102 Å². The Balaban J connectivity index is 2.75. The van der Waals surface area contributed by atoms with E-state index in [1.807, 2.05) is 42.2 Å². The standard InChI is InChI=1S/C13H19NO3/c1-3-12(15)9-14(10-13(16)17-2)11-7-5-4-6-8-11/h4-8,12,15H,3,9-10H2,1-2H3. The molecule has 1 atom stereocenters. The molecule has 4 heteroatoms. The molecule has 0 amide bonds. The van der Waals surface area contributed by atoms with Crippen LogP contribution < -0.4 is 4.90 Å². The maximum absolute atomic E-state index is 11.3. The van der Waals surface area contributed by atoms with Crippen LogP contribution in [0.15, 0.2) is 30.3 Å². The van der Waals surface area contributed by atoms with Crippen molar-refractivity contribution < 1.29 is 14.6 Å². The van der Waals surface area contributed by atoms with Gasteiger partial charge in [0.05, 0.1) is 13.2 Å². The second kappa shape index (κ2) is 6.91. The number of carbonyl (C=O) groups excluding carboxylic acids is 1. The molecule has 0 spiro atoms. The molecule has 1 aromatic rings. The summed E-state index contributed by atoms with van der Waals surface area (Å²) in [5, 5.41) is 9.68. The Morgan fingerprint density at radius 2 is 2.06 bits per heavy atom. The molecule has 1 N–H and O–H groups in total. The molecule has 0 radical (unpaired) electrons. The van der Waals surface area contributed by atoms with Crippen LogP contribution in [-0.2, 0) is 9.53 Å². The monoisotopic (exact) mass is 237 g/mol. The Hall–Kier alpha value is -1.55. The Kier molecular flexibility index (Phi) is 5.49. The fraction of sp³-hybridized carbons (Fsp3) is 0.462. The molecule has 0 saturated carbocycles. The lowest BCUT2D eigenvalue weighted by molar-refractivity contribution is -0.139. The van der Waals surface area contributed by atoms with Crippen molar-refractivity contribution in [3.8, 4) is 0 Å². The summed E-state index contributed by atoms with van der Waals surface area (Å²) < 4.78 is 4.66. The maximum Gasteiger partial charge on any atom is 0.325 e. The van der Waals surface area contributed by atoms with E-state index in [2.05, 4.69) is 4.74 Å². The molecular weight excluding hydrogens is 218 g/mol. The van der Waals surface area contributed by atoms with Crippen molar-refractivity contribution in [2.24, 2.45) is 0 Å². The van der Waals surface area contributed by atoms with Gasteiger partial charge in [-0.3, -0.25) is 4.79 Å². The minimum Gasteiger partial charge on any atom is -0.468 e. The smallest absolute Gasteiger partial charge is 0.325 e. The quantitative estimate of drug-likeness (QED) is 0.761. The average Bonchev–Trinajstić information content (AvgIpc) is 2.38. The SMILES string of the molecule is CCC(O)CN(CC(=O)OC)c1ccccc1. The van der Waals surface area contributed by atoms with E-state index in [4.69, 9.17) is 0 Å². The molecular formula is C13H19NO3. The van der Waals surface area contributed by atoms with E-state index >= 15 is 0 Å². The van der Waals surface area contributed by atoms with Gasteiger partial charge in [-0.2, -0.15) is 0 Å². The van der Waals surface area contributed by atoms with Crippen LogP contribution in [0.4, 0.5) is 5.69 Å². The second-order valence-electron chi connectivity index (χ2n) is 3.85. The van der Waals surface area contributed by atoms with E-state index in [0.717, 1.165) is 5.69 Å². The number of para-hydroxylation sites is 1. The summed E-state index contributed by atoms with van der Waals surface area (Å²) in [4.78, 5) is 13.1. The minimum atomic E-state index is -0.445. The lowest BCUT2D eigenvalue weighted by Gasteiger charge is -2.25. The molecule has 4 nitrogen and oxygen atoms in total. The van der Waals surface area contributed by atoms with Gasteiger partial charge < -0.3 is 14.7 Å². The van der Waals surface area contributed by atoms with Crippen LogP contribution in [0.25, 0.3) is 0 Å². The third kappa shape index (κ3) is 4.44. The number of methoxy groups -OCH3 is 1. The topological polar surface area (TPSA) is 49.8 Å². The summed E-state index contributed by atoms with van der Waals surface area (Å²) >= 11 is 0. The molecule has 1 aromatic carbocycles. The number of anilines is 1. The van der Waals surface area contributed by atoms with Crippen molar-refractivity contribution in [2.75, 3.05) is 25.1 Å². The third-order valence-electron chi connectivity index (χ3n) is 2.57. The summed E-state index contributed by atoms with van der Waals surface area (Å²) in [6.07, 6.45) is 0.213. The van der Waals surface area contributed by atoms with Gasteiger partial charge in [-0.05, 0) is 18.6 Å². The summed E-state index contributed by atoms with van der Waals surface area (Å²) in [6, 6.07) is 9.53. The molecule has 0 fully saturated rings. The van der Waals surface area contributed by atoms with Crippen LogP contribution >= 0.6 is 0 Å². The van der Waals surface area contributed by atoms with Crippen LogP contribution in [0.2, 0.25) is 0 Å². The number of hydrogen-bond donors (Lipinski definition) is 1. The number of rotatable bonds is 6. The van der Waals surface area contributed by atoms with Gasteiger partial charge in [-0.1, -0.05) is 25.1 Å². The van der Waals surface area contributed by atoms with Gasteiger partial charge in [0, 0.05) is 12.2 Å². The van der Waals surface area contributed by atoms with Crippen molar-refractivity contribution >= 4 is 11.7 Å². The molecule has 17 heavy (non-hydrogen) atoms. The number of aliphatic hydroxyl groups excluding tert-OH is 1. The molecule has 1 rings (SSSR count). The summed E-state index contributed by atoms with van der Waals surface area (Å²) in [5.41, 5.74) is 0.908. The van der Waals surface area contributed by atoms with Gasteiger partial charge in [0.25, 0.3) is 0 Å². The van der Waals surface area contributed by atoms with Crippen LogP contribution in [0.3, 0.4) is 0 Å². The normalized spacial score (nSPS) is 11.9. The summed E-state index contributed by atoms with van der Waals surface area (Å²) in [5.74, 6) is -0.308. The molecule has 94 valence electrons. The zero-order valence-electron chi connectivity index (χ0n) is 10.3. The number of ether oxygens (including phenoxy) is 1. The number of nitrogens with zero attached hydrogens (tertiary/aromatic N) is 1. The summed E-state index contributed by atoms with van der Waals surface area (Å²) in [6.45, 7) is 2.49. The van der Waals surface area contributed by atoms with E-state index < -0.39 is 6.10 Å². The van der Waals surface area contributed by atoms with E-state index in [1.54, 1.807) is 0 Å². The fourth-order valence-corrected chi connectivity index (χ4v) is 1.50. The van der Waals surface area contributed by atoms with Crippen LogP contribution in [0, 0.1) is 0 Å². The fourth-order valence-electron chi connectivity index (χ4n) is 1.50. The highest BCUT2D eigenvalue weighted by molar-refractivity contribution is 5.75. The lowest BCUT2D eigenvalue weighted by atomic mass is 10.2. The first-order valence-electron chi connectivity index (χ1n) is 5.72. The minimum absolute atomic E-state index is 0.150. The Morgan fingerprint density at radius 3 is 2.59 bits per heavy atom. The zero-order valence-corrected chi connectivity index (χ0v) is 10.3. The number of aliphatic hydroxyl groups is 1. The predicted molar refractivity (Wildman–Crippen MR) is 67.0 cm³/mol. The van der Waals surface area contributed by atoms with Crippen LogP contribution in [-0.4, -0.2) is 37.4 Å². The average molecular weight is 237 g/mol. The number of benzene rings is 1. The zero-order chi connectivity index (χ0) is 12.7. The van der Waals surface area contributed by atoms with E-state index in [0.29, 0.717) is 13.0 Å². The molecule has 0 saturated heterocycles. The molecule has 0 aliphatic carbocycles. The van der Waals surface area contributed by atoms with E-state index in [1.165, 1.54) is 7.11 Å². The molecule has 0 aliphatic heterocycles. The van der Waals surface area contributed by atoms with Crippen molar-refractivity contribution in [2.45, 2.75) is 19.4 Å². The van der Waals surface area contributed by atoms with Gasteiger partial charge in [0.15, 0.2) is 0 Å². The molecule has 0 bridgehead atoms. The lowest BCUT2D eigenvalue weighted by Crippen LogP contribution is -2.36. The second-order valence-corrected chi connectivity index (χ2v) is 3.85. The number of hydrogen-bond acceptors (Lipinski definition) is 4. The number of carbonyl (C=O) groups is 1. The Morgan fingerprint density at radius 1 is 1.41 bits per heavy atom. The third-order valence-corrected chi connectivity index (χ3v) is 2.57. The first-order valence-corrected chi connectivity index (χ1v) is 5.72. The molecule has 1 unspecified atom stereocenters. The van der Waals surface area contributed by atoms with Gasteiger partial charge in [0.1, 0.15) is 6.54 Å². The molecule has 0 aromatic heterocycles. The number of esters is 1. The predicted octanol–water partition coefficient (Wildman–Crippen LogP) is 1.44. The van der Waals surface area contributed by atoms with Crippen molar-refractivity contribution in [3.05, 3.63) is 30.3 Å². The first-order chi connectivity index (χ1) is 8.17. The van der Waals surface area contributed by atoms with Gasteiger partial charge >= 0.3 is 5.97 Å². The Bertz CT molecular complexity index is 340.